The summed E-state index contributed by atoms with van der Waals surface area (Å²) in [5.74, 6) is -4.15. The second kappa shape index (κ2) is 4.82. The van der Waals surface area contributed by atoms with Gasteiger partial charge in [0.25, 0.3) is 0 Å². The molecule has 0 aromatic heterocycles. The van der Waals surface area contributed by atoms with Gasteiger partial charge in [-0.3, -0.25) is 0 Å². The van der Waals surface area contributed by atoms with Gasteiger partial charge in [0.05, 0.1) is 0 Å². The molecule has 0 heterocycles. The van der Waals surface area contributed by atoms with Crippen LogP contribution in [0.15, 0.2) is 36.4 Å². The Balaban J connectivity index is 2.43. The summed E-state index contributed by atoms with van der Waals surface area (Å²) in [6.07, 6.45) is -1.19. The van der Waals surface area contributed by atoms with Crippen LogP contribution in [0.3, 0.4) is 0 Å². The topological polar surface area (TPSA) is 20.2 Å². The highest BCUT2D eigenvalue weighted by atomic mass is 19.2. The molecule has 18 heavy (non-hydrogen) atoms. The van der Waals surface area contributed by atoms with Crippen molar-refractivity contribution in [2.45, 2.75) is 13.0 Å². The fourth-order valence-electron chi connectivity index (χ4n) is 1.77. The van der Waals surface area contributed by atoms with Crippen LogP contribution >= 0.6 is 0 Å². The van der Waals surface area contributed by atoms with E-state index in [0.29, 0.717) is 5.56 Å². The minimum atomic E-state index is -1.53. The Morgan fingerprint density at radius 1 is 0.944 bits per heavy atom. The monoisotopic (exact) mass is 252 g/mol. The molecular weight excluding hydrogens is 241 g/mol. The van der Waals surface area contributed by atoms with Crippen molar-refractivity contribution >= 4 is 0 Å². The van der Waals surface area contributed by atoms with Gasteiger partial charge in [0.2, 0.25) is 0 Å². The van der Waals surface area contributed by atoms with E-state index in [1.165, 1.54) is 0 Å². The maximum Gasteiger partial charge on any atom is 0.194 e. The molecule has 1 nitrogen and oxygen atoms in total. The van der Waals surface area contributed by atoms with E-state index in [1.54, 1.807) is 18.2 Å². The maximum absolute atomic E-state index is 13.1. The highest BCUT2D eigenvalue weighted by Crippen LogP contribution is 2.25. The zero-order valence-corrected chi connectivity index (χ0v) is 9.62. The molecule has 0 aliphatic heterocycles. The summed E-state index contributed by atoms with van der Waals surface area (Å²) in [6, 6.07) is 8.49. The summed E-state index contributed by atoms with van der Waals surface area (Å²) in [6.45, 7) is 1.84. The Morgan fingerprint density at radius 2 is 1.56 bits per heavy atom. The van der Waals surface area contributed by atoms with Crippen LogP contribution < -0.4 is 0 Å². The van der Waals surface area contributed by atoms with Crippen LogP contribution in [0.2, 0.25) is 0 Å². The average molecular weight is 252 g/mol. The van der Waals surface area contributed by atoms with Gasteiger partial charge in [0.1, 0.15) is 6.10 Å². The highest BCUT2D eigenvalue weighted by molar-refractivity contribution is 5.33. The lowest BCUT2D eigenvalue weighted by atomic mass is 10.00. The van der Waals surface area contributed by atoms with Crippen LogP contribution in [-0.2, 0) is 0 Å². The van der Waals surface area contributed by atoms with E-state index in [-0.39, 0.29) is 5.56 Å². The minimum Gasteiger partial charge on any atom is -0.384 e. The molecule has 1 atom stereocenters. The van der Waals surface area contributed by atoms with Crippen LogP contribution in [0, 0.1) is 24.4 Å². The van der Waals surface area contributed by atoms with Gasteiger partial charge in [-0.25, -0.2) is 13.2 Å². The number of rotatable bonds is 2. The molecule has 2 aromatic carbocycles. The van der Waals surface area contributed by atoms with E-state index in [1.807, 2.05) is 13.0 Å². The fourth-order valence-corrected chi connectivity index (χ4v) is 1.77. The lowest BCUT2D eigenvalue weighted by Gasteiger charge is -2.12. The third-order valence-corrected chi connectivity index (χ3v) is 2.68. The summed E-state index contributed by atoms with van der Waals surface area (Å²) in [5.41, 5.74) is 1.40. The van der Waals surface area contributed by atoms with Crippen molar-refractivity contribution in [2.24, 2.45) is 0 Å². The number of aryl methyl sites for hydroxylation is 1. The van der Waals surface area contributed by atoms with Crippen LogP contribution in [-0.4, -0.2) is 5.11 Å². The van der Waals surface area contributed by atoms with Crippen molar-refractivity contribution in [1.82, 2.24) is 0 Å². The molecule has 94 valence electrons. The minimum absolute atomic E-state index is 0.0167. The first kappa shape index (κ1) is 12.6. The summed E-state index contributed by atoms with van der Waals surface area (Å²) < 4.78 is 38.9. The SMILES string of the molecule is Cc1cccc(C(O)c2cc(F)c(F)c(F)c2)c1. The molecule has 0 saturated heterocycles. The van der Waals surface area contributed by atoms with Crippen LogP contribution in [0.1, 0.15) is 22.8 Å². The number of aliphatic hydroxyl groups excluding tert-OH is 1. The van der Waals surface area contributed by atoms with Crippen molar-refractivity contribution in [3.05, 3.63) is 70.5 Å². The lowest BCUT2D eigenvalue weighted by molar-refractivity contribution is 0.218. The lowest BCUT2D eigenvalue weighted by Crippen LogP contribution is -2.03. The predicted octanol–water partition coefficient (Wildman–Crippen LogP) is 3.49. The van der Waals surface area contributed by atoms with E-state index in [2.05, 4.69) is 0 Å². The van der Waals surface area contributed by atoms with E-state index < -0.39 is 23.6 Å². The molecule has 1 unspecified atom stereocenters. The molecule has 2 aromatic rings. The normalized spacial score (nSPS) is 12.5. The van der Waals surface area contributed by atoms with Crippen LogP contribution in [0.4, 0.5) is 13.2 Å². The first-order chi connectivity index (χ1) is 8.49. The molecule has 0 aliphatic rings. The summed E-state index contributed by atoms with van der Waals surface area (Å²) >= 11 is 0. The van der Waals surface area contributed by atoms with Crippen molar-refractivity contribution < 1.29 is 18.3 Å². The van der Waals surface area contributed by atoms with Gasteiger partial charge < -0.3 is 5.11 Å². The summed E-state index contributed by atoms with van der Waals surface area (Å²) in [4.78, 5) is 0. The molecule has 0 aliphatic carbocycles. The molecule has 0 radical (unpaired) electrons. The van der Waals surface area contributed by atoms with Crippen molar-refractivity contribution in [1.29, 1.82) is 0 Å². The Hall–Kier alpha value is -1.81. The fraction of sp³-hybridized carbons (Fsp3) is 0.143. The van der Waals surface area contributed by atoms with E-state index in [4.69, 9.17) is 0 Å². The first-order valence-corrected chi connectivity index (χ1v) is 5.38. The van der Waals surface area contributed by atoms with Crippen LogP contribution in [0.25, 0.3) is 0 Å². The van der Waals surface area contributed by atoms with Gasteiger partial charge in [-0.2, -0.15) is 0 Å². The Kier molecular flexibility index (Phi) is 3.39. The van der Waals surface area contributed by atoms with Gasteiger partial charge in [-0.1, -0.05) is 29.8 Å². The molecule has 4 heteroatoms. The van der Waals surface area contributed by atoms with Gasteiger partial charge in [-0.15, -0.1) is 0 Å². The first-order valence-electron chi connectivity index (χ1n) is 5.38. The molecule has 0 fully saturated rings. The molecular formula is C14H11F3O. The maximum atomic E-state index is 13.1. The van der Waals surface area contributed by atoms with E-state index >= 15 is 0 Å². The van der Waals surface area contributed by atoms with Crippen LogP contribution in [0.5, 0.6) is 0 Å². The van der Waals surface area contributed by atoms with E-state index in [9.17, 15) is 18.3 Å². The largest absolute Gasteiger partial charge is 0.384 e. The molecule has 1 N–H and O–H groups in total. The Bertz CT molecular complexity index is 558. The second-order valence-corrected chi connectivity index (χ2v) is 4.12. The van der Waals surface area contributed by atoms with Gasteiger partial charge in [-0.05, 0) is 30.2 Å². The standard InChI is InChI=1S/C14H11F3O/c1-8-3-2-4-9(5-8)14(18)10-6-11(15)13(17)12(16)7-10/h2-7,14,18H,1H3. The number of benzene rings is 2. The van der Waals surface area contributed by atoms with Gasteiger partial charge in [0, 0.05) is 0 Å². The number of halogens is 3. The highest BCUT2D eigenvalue weighted by Gasteiger charge is 2.16. The van der Waals surface area contributed by atoms with Crippen molar-refractivity contribution in [3.63, 3.8) is 0 Å². The second-order valence-electron chi connectivity index (χ2n) is 4.12. The quantitative estimate of drug-likeness (QED) is 0.811. The number of hydrogen-bond donors (Lipinski definition) is 1. The summed E-state index contributed by atoms with van der Waals surface area (Å²) in [7, 11) is 0. The van der Waals surface area contributed by atoms with Gasteiger partial charge in [0.15, 0.2) is 17.5 Å². The molecule has 2 rings (SSSR count). The number of hydrogen-bond acceptors (Lipinski definition) is 1. The zero-order valence-electron chi connectivity index (χ0n) is 9.62. The smallest absolute Gasteiger partial charge is 0.194 e. The Labute approximate surface area is 103 Å². The molecule has 0 saturated carbocycles. The average Bonchev–Trinajstić information content (AvgIpc) is 2.34. The zero-order chi connectivity index (χ0) is 13.3. The molecule has 0 bridgehead atoms. The van der Waals surface area contributed by atoms with Crippen molar-refractivity contribution in [2.75, 3.05) is 0 Å². The third kappa shape index (κ3) is 2.38. The van der Waals surface area contributed by atoms with Crippen molar-refractivity contribution in [3.8, 4) is 0 Å². The Morgan fingerprint density at radius 3 is 2.11 bits per heavy atom. The van der Waals surface area contributed by atoms with Gasteiger partial charge >= 0.3 is 0 Å². The molecule has 0 amide bonds. The number of aliphatic hydroxyl groups is 1. The third-order valence-electron chi connectivity index (χ3n) is 2.68. The summed E-state index contributed by atoms with van der Waals surface area (Å²) in [5, 5.41) is 10.0. The molecule has 0 spiro atoms. The predicted molar refractivity (Wildman–Crippen MR) is 61.6 cm³/mol. The van der Waals surface area contributed by atoms with E-state index in [0.717, 1.165) is 17.7 Å².